The second kappa shape index (κ2) is 3.05. The first-order valence-electron chi connectivity index (χ1n) is 5.40. The SMILES string of the molecule is CC1CC1(C)C.CCC1(C)CC1. The summed E-state index contributed by atoms with van der Waals surface area (Å²) in [5, 5.41) is 0. The highest BCUT2D eigenvalue weighted by Crippen LogP contribution is 2.50. The smallest absolute Gasteiger partial charge is 0.0326 e. The summed E-state index contributed by atoms with van der Waals surface area (Å²) < 4.78 is 0. The third kappa shape index (κ3) is 2.80. The maximum atomic E-state index is 2.35. The summed E-state index contributed by atoms with van der Waals surface area (Å²) in [5.41, 5.74) is 1.50. The summed E-state index contributed by atoms with van der Waals surface area (Å²) in [7, 11) is 0. The molecule has 1 atom stereocenters. The maximum Gasteiger partial charge on any atom is -0.0326 e. The van der Waals surface area contributed by atoms with Crippen LogP contribution in [0.1, 0.15) is 60.3 Å². The van der Waals surface area contributed by atoms with Crippen LogP contribution in [-0.2, 0) is 0 Å². The molecule has 0 spiro atoms. The zero-order valence-corrected chi connectivity index (χ0v) is 9.41. The lowest BCUT2D eigenvalue weighted by Gasteiger charge is -1.96. The molecule has 0 nitrogen and oxygen atoms in total. The molecule has 72 valence electrons. The van der Waals surface area contributed by atoms with Crippen molar-refractivity contribution in [1.82, 2.24) is 0 Å². The Morgan fingerprint density at radius 3 is 1.50 bits per heavy atom. The van der Waals surface area contributed by atoms with E-state index in [9.17, 15) is 0 Å². The quantitative estimate of drug-likeness (QED) is 0.549. The second-order valence-electron chi connectivity index (χ2n) is 5.76. The Balaban J connectivity index is 0.000000120. The van der Waals surface area contributed by atoms with Crippen LogP contribution >= 0.6 is 0 Å². The van der Waals surface area contributed by atoms with E-state index in [1.807, 2.05) is 0 Å². The van der Waals surface area contributed by atoms with Gasteiger partial charge in [-0.3, -0.25) is 0 Å². The average Bonchev–Trinajstić information content (AvgIpc) is 2.80. The van der Waals surface area contributed by atoms with E-state index in [1.54, 1.807) is 0 Å². The van der Waals surface area contributed by atoms with Crippen molar-refractivity contribution in [2.24, 2.45) is 16.7 Å². The van der Waals surface area contributed by atoms with Crippen LogP contribution in [0.4, 0.5) is 0 Å². The summed E-state index contributed by atoms with van der Waals surface area (Å²) in [5.74, 6) is 0.998. The van der Waals surface area contributed by atoms with Crippen molar-refractivity contribution in [1.29, 1.82) is 0 Å². The van der Waals surface area contributed by atoms with Crippen molar-refractivity contribution >= 4 is 0 Å². The van der Waals surface area contributed by atoms with Crippen molar-refractivity contribution in [2.45, 2.75) is 60.3 Å². The predicted octanol–water partition coefficient (Wildman–Crippen LogP) is 4.25. The average molecular weight is 168 g/mol. The van der Waals surface area contributed by atoms with Crippen LogP contribution in [0.2, 0.25) is 0 Å². The first-order chi connectivity index (χ1) is 5.40. The van der Waals surface area contributed by atoms with E-state index in [0.29, 0.717) is 5.41 Å². The molecule has 2 rings (SSSR count). The van der Waals surface area contributed by atoms with E-state index in [4.69, 9.17) is 0 Å². The molecule has 1 unspecified atom stereocenters. The number of hydrogen-bond donors (Lipinski definition) is 0. The maximum absolute atomic E-state index is 2.35. The molecule has 2 aliphatic rings. The Kier molecular flexibility index (Phi) is 2.56. The highest BCUT2D eigenvalue weighted by atomic mass is 14.5. The molecular formula is C12H24. The molecule has 0 bridgehead atoms. The summed E-state index contributed by atoms with van der Waals surface area (Å²) in [6, 6.07) is 0. The molecule has 0 aromatic heterocycles. The van der Waals surface area contributed by atoms with Gasteiger partial charge >= 0.3 is 0 Å². The third-order valence-corrected chi connectivity index (χ3v) is 3.96. The first kappa shape index (κ1) is 10.1. The Morgan fingerprint density at radius 2 is 1.50 bits per heavy atom. The van der Waals surface area contributed by atoms with Gasteiger partial charge in [0.1, 0.15) is 0 Å². The third-order valence-electron chi connectivity index (χ3n) is 3.96. The van der Waals surface area contributed by atoms with Crippen LogP contribution in [0.3, 0.4) is 0 Å². The minimum atomic E-state index is 0.708. The van der Waals surface area contributed by atoms with Crippen molar-refractivity contribution in [2.75, 3.05) is 0 Å². The second-order valence-corrected chi connectivity index (χ2v) is 5.76. The molecule has 0 heteroatoms. The van der Waals surface area contributed by atoms with E-state index < -0.39 is 0 Å². The molecule has 2 saturated carbocycles. The van der Waals surface area contributed by atoms with Gasteiger partial charge in [-0.15, -0.1) is 0 Å². The molecular weight excluding hydrogens is 144 g/mol. The summed E-state index contributed by atoms with van der Waals surface area (Å²) in [6.07, 6.45) is 5.77. The van der Waals surface area contributed by atoms with Crippen molar-refractivity contribution < 1.29 is 0 Å². The zero-order valence-electron chi connectivity index (χ0n) is 9.41. The normalized spacial score (nSPS) is 33.2. The number of hydrogen-bond acceptors (Lipinski definition) is 0. The van der Waals surface area contributed by atoms with Gasteiger partial charge in [0.25, 0.3) is 0 Å². The van der Waals surface area contributed by atoms with Crippen molar-refractivity contribution in [3.8, 4) is 0 Å². The van der Waals surface area contributed by atoms with E-state index in [1.165, 1.54) is 25.7 Å². The van der Waals surface area contributed by atoms with Gasteiger partial charge in [0.05, 0.1) is 0 Å². The summed E-state index contributed by atoms with van der Waals surface area (Å²) in [6.45, 7) is 11.6. The fourth-order valence-corrected chi connectivity index (χ4v) is 1.30. The van der Waals surface area contributed by atoms with E-state index in [0.717, 1.165) is 11.3 Å². The van der Waals surface area contributed by atoms with Gasteiger partial charge in [0.15, 0.2) is 0 Å². The Hall–Kier alpha value is 0. The Bertz CT molecular complexity index is 149. The lowest BCUT2D eigenvalue weighted by molar-refractivity contribution is 0.551. The zero-order chi connectivity index (χ0) is 9.41. The largest absolute Gasteiger partial charge is 0.0649 e. The van der Waals surface area contributed by atoms with Crippen LogP contribution < -0.4 is 0 Å². The van der Waals surface area contributed by atoms with Crippen LogP contribution in [0.5, 0.6) is 0 Å². The predicted molar refractivity (Wildman–Crippen MR) is 55.2 cm³/mol. The molecule has 12 heavy (non-hydrogen) atoms. The lowest BCUT2D eigenvalue weighted by Crippen LogP contribution is -1.84. The minimum absolute atomic E-state index is 0.708. The minimum Gasteiger partial charge on any atom is -0.0649 e. The highest BCUT2D eigenvalue weighted by Gasteiger charge is 2.41. The van der Waals surface area contributed by atoms with E-state index in [2.05, 4.69) is 34.6 Å². The van der Waals surface area contributed by atoms with Crippen LogP contribution in [0.25, 0.3) is 0 Å². The topological polar surface area (TPSA) is 0 Å². The van der Waals surface area contributed by atoms with Crippen LogP contribution in [0, 0.1) is 16.7 Å². The van der Waals surface area contributed by atoms with E-state index >= 15 is 0 Å². The monoisotopic (exact) mass is 168 g/mol. The molecule has 0 saturated heterocycles. The van der Waals surface area contributed by atoms with Crippen LogP contribution in [0.15, 0.2) is 0 Å². The molecule has 2 aliphatic carbocycles. The standard InChI is InChI=1S/2C6H12/c1-5-4-6(5,2)3;1-3-6(2)4-5-6/h5H,4H2,1-3H3;3-5H2,1-2H3. The molecule has 0 aromatic rings. The molecule has 0 amide bonds. The fraction of sp³-hybridized carbons (Fsp3) is 1.00. The van der Waals surface area contributed by atoms with Gasteiger partial charge in [-0.05, 0) is 36.0 Å². The van der Waals surface area contributed by atoms with Gasteiger partial charge in [0, 0.05) is 0 Å². The molecule has 0 aromatic carbocycles. The highest BCUT2D eigenvalue weighted by molar-refractivity contribution is 4.91. The first-order valence-corrected chi connectivity index (χ1v) is 5.40. The van der Waals surface area contributed by atoms with Crippen molar-refractivity contribution in [3.63, 3.8) is 0 Å². The van der Waals surface area contributed by atoms with Gasteiger partial charge in [-0.2, -0.15) is 0 Å². The van der Waals surface area contributed by atoms with E-state index in [-0.39, 0.29) is 0 Å². The number of rotatable bonds is 1. The summed E-state index contributed by atoms with van der Waals surface area (Å²) >= 11 is 0. The van der Waals surface area contributed by atoms with Crippen LogP contribution in [-0.4, -0.2) is 0 Å². The van der Waals surface area contributed by atoms with Gasteiger partial charge in [-0.25, -0.2) is 0 Å². The van der Waals surface area contributed by atoms with Crippen molar-refractivity contribution in [3.05, 3.63) is 0 Å². The lowest BCUT2D eigenvalue weighted by atomic mass is 10.1. The molecule has 0 aliphatic heterocycles. The Labute approximate surface area is 77.7 Å². The van der Waals surface area contributed by atoms with Gasteiger partial charge in [0.2, 0.25) is 0 Å². The molecule has 0 radical (unpaired) electrons. The van der Waals surface area contributed by atoms with Gasteiger partial charge in [-0.1, -0.05) is 41.0 Å². The fourth-order valence-electron chi connectivity index (χ4n) is 1.30. The molecule has 0 N–H and O–H groups in total. The van der Waals surface area contributed by atoms with Gasteiger partial charge < -0.3 is 0 Å². The molecule has 2 fully saturated rings. The summed E-state index contributed by atoms with van der Waals surface area (Å²) in [4.78, 5) is 0. The Morgan fingerprint density at radius 1 is 1.17 bits per heavy atom. The molecule has 0 heterocycles.